The molecule has 0 fully saturated rings. The molecule has 1 unspecified atom stereocenters. The Bertz CT molecular complexity index is 1260. The van der Waals surface area contributed by atoms with E-state index in [0.29, 0.717) is 19.3 Å². The molecular weight excluding hydrogens is 829 g/mol. The zero-order valence-corrected chi connectivity index (χ0v) is 44.2. The third kappa shape index (κ3) is 53.7. The fourth-order valence-corrected chi connectivity index (χ4v) is 7.89. The third-order valence-corrected chi connectivity index (χ3v) is 12.2. The zero-order chi connectivity index (χ0) is 48.6. The largest absolute Gasteiger partial charge is 0.462 e. The van der Waals surface area contributed by atoms with Gasteiger partial charge in [-0.3, -0.25) is 14.4 Å². The normalized spacial score (nSPS) is 12.6. The van der Waals surface area contributed by atoms with E-state index in [2.05, 4.69) is 93.7 Å². The topological polar surface area (TPSA) is 78.9 Å². The van der Waals surface area contributed by atoms with Gasteiger partial charge in [0, 0.05) is 19.3 Å². The maximum absolute atomic E-state index is 12.9. The van der Waals surface area contributed by atoms with Crippen LogP contribution in [0.25, 0.3) is 0 Å². The van der Waals surface area contributed by atoms with Crippen molar-refractivity contribution in [2.75, 3.05) is 13.2 Å². The van der Waals surface area contributed by atoms with E-state index in [0.717, 1.165) is 103 Å². The Morgan fingerprint density at radius 2 is 0.582 bits per heavy atom. The average molecular weight is 936 g/mol. The van der Waals surface area contributed by atoms with Gasteiger partial charge in [-0.25, -0.2) is 0 Å². The minimum Gasteiger partial charge on any atom is -0.462 e. The van der Waals surface area contributed by atoms with E-state index >= 15 is 0 Å². The molecule has 0 aliphatic heterocycles. The predicted molar refractivity (Wildman–Crippen MR) is 288 cm³/mol. The lowest BCUT2D eigenvalue weighted by molar-refractivity contribution is -0.167. The van der Waals surface area contributed by atoms with Gasteiger partial charge in [0.05, 0.1) is 0 Å². The van der Waals surface area contributed by atoms with Crippen LogP contribution in [0.5, 0.6) is 0 Å². The van der Waals surface area contributed by atoms with Crippen LogP contribution in [0.1, 0.15) is 278 Å². The van der Waals surface area contributed by atoms with Crippen molar-refractivity contribution in [2.45, 2.75) is 284 Å². The van der Waals surface area contributed by atoms with E-state index in [4.69, 9.17) is 14.2 Å². The molecule has 0 saturated carbocycles. The van der Waals surface area contributed by atoms with Gasteiger partial charge in [-0.05, 0) is 109 Å². The Morgan fingerprint density at radius 1 is 0.313 bits per heavy atom. The van der Waals surface area contributed by atoms with Crippen LogP contribution in [-0.4, -0.2) is 37.2 Å². The highest BCUT2D eigenvalue weighted by molar-refractivity contribution is 5.71. The highest BCUT2D eigenvalue weighted by Crippen LogP contribution is 2.15. The zero-order valence-electron chi connectivity index (χ0n) is 44.2. The molecule has 0 saturated heterocycles. The van der Waals surface area contributed by atoms with Crippen LogP contribution in [0.15, 0.2) is 72.9 Å². The molecule has 0 spiro atoms. The maximum Gasteiger partial charge on any atom is 0.306 e. The number of unbranched alkanes of at least 4 members (excludes halogenated alkanes) is 28. The van der Waals surface area contributed by atoms with Gasteiger partial charge in [0.25, 0.3) is 0 Å². The molecule has 0 radical (unpaired) electrons. The minimum absolute atomic E-state index is 0.0865. The van der Waals surface area contributed by atoms with E-state index in [-0.39, 0.29) is 31.1 Å². The van der Waals surface area contributed by atoms with Gasteiger partial charge in [0.2, 0.25) is 0 Å². The molecule has 0 aromatic carbocycles. The number of rotatable bonds is 51. The molecule has 6 heteroatoms. The summed E-state index contributed by atoms with van der Waals surface area (Å²) < 4.78 is 16.9. The summed E-state index contributed by atoms with van der Waals surface area (Å²) in [6.45, 7) is 6.49. The smallest absolute Gasteiger partial charge is 0.306 e. The first-order valence-corrected chi connectivity index (χ1v) is 28.4. The average Bonchev–Trinajstić information content (AvgIpc) is 3.33. The standard InChI is InChI=1S/C61H106O6/c1-4-7-10-13-16-19-22-25-28-30-33-36-39-42-45-48-51-54-60(63)66-57-58(56-65-59(62)53-50-47-44-41-38-35-32-27-24-21-18-15-12-9-6-3)67-61(64)55-52-49-46-43-40-37-34-31-29-26-23-20-17-14-11-8-5-2/h7,10,16,18-19,21,25-29,32,58H,4-6,8-9,11-15,17,20,22-24,30-31,33-57H2,1-3H3/b10-7-,19-16-,21-18-,28-25-,29-26-,32-27-. The second-order valence-corrected chi connectivity index (χ2v) is 18.8. The molecule has 0 N–H and O–H groups in total. The number of esters is 3. The first-order chi connectivity index (χ1) is 33.0. The van der Waals surface area contributed by atoms with Crippen LogP contribution in [0.4, 0.5) is 0 Å². The van der Waals surface area contributed by atoms with Crippen LogP contribution >= 0.6 is 0 Å². The second kappa shape index (κ2) is 55.4. The summed E-state index contributed by atoms with van der Waals surface area (Å²) in [5, 5.41) is 0. The molecule has 0 aromatic rings. The van der Waals surface area contributed by atoms with E-state index < -0.39 is 6.10 Å². The first-order valence-electron chi connectivity index (χ1n) is 28.4. The van der Waals surface area contributed by atoms with Crippen LogP contribution < -0.4 is 0 Å². The van der Waals surface area contributed by atoms with Gasteiger partial charge >= 0.3 is 17.9 Å². The number of hydrogen-bond acceptors (Lipinski definition) is 6. The lowest BCUT2D eigenvalue weighted by atomic mass is 10.1. The van der Waals surface area contributed by atoms with Crippen molar-refractivity contribution in [1.82, 2.24) is 0 Å². The number of ether oxygens (including phenoxy) is 3. The Morgan fingerprint density at radius 3 is 0.955 bits per heavy atom. The highest BCUT2D eigenvalue weighted by atomic mass is 16.6. The Labute approximate surface area is 414 Å². The summed E-state index contributed by atoms with van der Waals surface area (Å²) in [7, 11) is 0. The SMILES string of the molecule is CC/C=C\C/C=C\C/C=C\CCCCCCCCCC(=O)OCC(COC(=O)CCCCCCC/C=C\C/C=C\CCCCC)OC(=O)CCCCCCCCC/C=C\CCCCCCCC. The fourth-order valence-electron chi connectivity index (χ4n) is 7.89. The van der Waals surface area contributed by atoms with Crippen molar-refractivity contribution >= 4 is 17.9 Å². The van der Waals surface area contributed by atoms with Crippen LogP contribution in [0, 0.1) is 0 Å². The number of allylic oxidation sites excluding steroid dienone is 12. The van der Waals surface area contributed by atoms with E-state index in [1.807, 2.05) is 0 Å². The molecule has 0 aliphatic rings. The summed E-state index contributed by atoms with van der Waals surface area (Å²) in [5.74, 6) is -0.906. The summed E-state index contributed by atoms with van der Waals surface area (Å²) >= 11 is 0. The van der Waals surface area contributed by atoms with Gasteiger partial charge in [-0.1, -0.05) is 222 Å². The van der Waals surface area contributed by atoms with Crippen LogP contribution in [-0.2, 0) is 28.6 Å². The van der Waals surface area contributed by atoms with Gasteiger partial charge in [-0.2, -0.15) is 0 Å². The molecule has 6 nitrogen and oxygen atoms in total. The van der Waals surface area contributed by atoms with E-state index in [9.17, 15) is 14.4 Å². The summed E-state index contributed by atoms with van der Waals surface area (Å²) in [6, 6.07) is 0. The lowest BCUT2D eigenvalue weighted by Crippen LogP contribution is -2.30. The summed E-state index contributed by atoms with van der Waals surface area (Å²) in [6.07, 6.45) is 70.3. The lowest BCUT2D eigenvalue weighted by Gasteiger charge is -2.18. The molecule has 0 bridgehead atoms. The van der Waals surface area contributed by atoms with Gasteiger partial charge in [-0.15, -0.1) is 0 Å². The van der Waals surface area contributed by atoms with Crippen LogP contribution in [0.3, 0.4) is 0 Å². The predicted octanol–water partition coefficient (Wildman–Crippen LogP) is 19.0. The Hall–Kier alpha value is -3.15. The summed E-state index contributed by atoms with van der Waals surface area (Å²) in [4.78, 5) is 38.1. The molecule has 0 amide bonds. The van der Waals surface area contributed by atoms with Gasteiger partial charge in [0.15, 0.2) is 6.10 Å². The van der Waals surface area contributed by atoms with Gasteiger partial charge < -0.3 is 14.2 Å². The quantitative estimate of drug-likeness (QED) is 0.0262. The third-order valence-electron chi connectivity index (χ3n) is 12.2. The van der Waals surface area contributed by atoms with Crippen molar-refractivity contribution in [2.24, 2.45) is 0 Å². The molecule has 67 heavy (non-hydrogen) atoms. The highest BCUT2D eigenvalue weighted by Gasteiger charge is 2.19. The number of carbonyl (C=O) groups excluding carboxylic acids is 3. The summed E-state index contributed by atoms with van der Waals surface area (Å²) in [5.41, 5.74) is 0. The van der Waals surface area contributed by atoms with Crippen molar-refractivity contribution in [1.29, 1.82) is 0 Å². The molecule has 1 atom stereocenters. The van der Waals surface area contributed by atoms with Crippen molar-refractivity contribution < 1.29 is 28.6 Å². The molecular formula is C61H106O6. The van der Waals surface area contributed by atoms with Gasteiger partial charge in [0.1, 0.15) is 13.2 Å². The first kappa shape index (κ1) is 63.8. The number of hydrogen-bond donors (Lipinski definition) is 0. The molecule has 0 rings (SSSR count). The van der Waals surface area contributed by atoms with E-state index in [1.54, 1.807) is 0 Å². The molecule has 386 valence electrons. The van der Waals surface area contributed by atoms with Crippen molar-refractivity contribution in [3.8, 4) is 0 Å². The van der Waals surface area contributed by atoms with Crippen molar-refractivity contribution in [3.63, 3.8) is 0 Å². The molecule has 0 heterocycles. The Kier molecular flexibility index (Phi) is 52.8. The fraction of sp³-hybridized carbons (Fsp3) is 0.754. The monoisotopic (exact) mass is 935 g/mol. The molecule has 0 aliphatic carbocycles. The minimum atomic E-state index is -0.788. The Balaban J connectivity index is 4.42. The van der Waals surface area contributed by atoms with Crippen LogP contribution in [0.2, 0.25) is 0 Å². The second-order valence-electron chi connectivity index (χ2n) is 18.8. The van der Waals surface area contributed by atoms with Crippen molar-refractivity contribution in [3.05, 3.63) is 72.9 Å². The molecule has 0 aromatic heterocycles. The maximum atomic E-state index is 12.9. The number of carbonyl (C=O) groups is 3. The van der Waals surface area contributed by atoms with E-state index in [1.165, 1.54) is 135 Å².